The summed E-state index contributed by atoms with van der Waals surface area (Å²) in [7, 11) is 3.31. The molecule has 0 aromatic heterocycles. The van der Waals surface area contributed by atoms with Crippen molar-refractivity contribution in [1.29, 1.82) is 0 Å². The van der Waals surface area contributed by atoms with Gasteiger partial charge in [-0.1, -0.05) is 18.2 Å². The van der Waals surface area contributed by atoms with Gasteiger partial charge in [0.2, 0.25) is 0 Å². The van der Waals surface area contributed by atoms with Crippen LogP contribution in [0.5, 0.6) is 17.2 Å². The van der Waals surface area contributed by atoms with Gasteiger partial charge in [0.25, 0.3) is 11.8 Å². The number of hydrazine groups is 1. The molecule has 1 fully saturated rings. The summed E-state index contributed by atoms with van der Waals surface area (Å²) in [6.07, 6.45) is 0. The molecule has 174 valence electrons. The Kier molecular flexibility index (Phi) is 6.10. The van der Waals surface area contributed by atoms with E-state index >= 15 is 0 Å². The van der Waals surface area contributed by atoms with Gasteiger partial charge in [-0.05, 0) is 49.4 Å². The number of hydrogen-bond acceptors (Lipinski definition) is 7. The number of amides is 4. The smallest absolute Gasteiger partial charge is 0.344 e. The summed E-state index contributed by atoms with van der Waals surface area (Å²) in [5, 5.41) is 3.38. The number of rotatable bonds is 7. The van der Waals surface area contributed by atoms with Gasteiger partial charge in [-0.2, -0.15) is 5.01 Å². The number of carbonyl (C=O) groups excluding carboxylic acids is 3. The molecule has 2 N–H and O–H groups in total. The molecule has 2 aromatic rings. The fraction of sp³-hybridized carbons (Fsp3) is 0.348. The number of benzene rings is 2. The maximum absolute atomic E-state index is 13.0. The molecule has 1 atom stereocenters. The van der Waals surface area contributed by atoms with Crippen molar-refractivity contribution >= 4 is 17.8 Å². The van der Waals surface area contributed by atoms with E-state index in [1.807, 2.05) is 18.2 Å². The minimum atomic E-state index is -1.30. The van der Waals surface area contributed by atoms with Crippen molar-refractivity contribution in [1.82, 2.24) is 20.7 Å². The summed E-state index contributed by atoms with van der Waals surface area (Å²) in [5.74, 6) is 0.945. The Balaban J connectivity index is 1.36. The maximum atomic E-state index is 13.0. The van der Waals surface area contributed by atoms with E-state index in [1.54, 1.807) is 50.2 Å². The number of ether oxygens (including phenoxy) is 3. The molecule has 4 amide bonds. The zero-order valence-electron chi connectivity index (χ0n) is 18.7. The fourth-order valence-electron chi connectivity index (χ4n) is 3.82. The Morgan fingerprint density at radius 2 is 1.85 bits per heavy atom. The molecule has 0 spiro atoms. The molecule has 2 aliphatic rings. The Hall–Kier alpha value is -3.79. The molecule has 2 aliphatic heterocycles. The summed E-state index contributed by atoms with van der Waals surface area (Å²) in [6.45, 7) is 3.05. The second-order valence-corrected chi connectivity index (χ2v) is 8.11. The van der Waals surface area contributed by atoms with Crippen molar-refractivity contribution in [2.24, 2.45) is 0 Å². The van der Waals surface area contributed by atoms with E-state index in [2.05, 4.69) is 10.7 Å². The van der Waals surface area contributed by atoms with Crippen molar-refractivity contribution in [3.8, 4) is 17.2 Å². The highest BCUT2D eigenvalue weighted by Gasteiger charge is 2.50. The second kappa shape index (κ2) is 8.99. The van der Waals surface area contributed by atoms with Gasteiger partial charge in [-0.3, -0.25) is 19.9 Å². The molecule has 0 radical (unpaired) electrons. The number of carbonyl (C=O) groups is 3. The molecule has 1 saturated heterocycles. The number of nitrogens with one attached hydrogen (secondary N) is 2. The van der Waals surface area contributed by atoms with E-state index < -0.39 is 23.4 Å². The van der Waals surface area contributed by atoms with E-state index in [-0.39, 0.29) is 6.54 Å². The summed E-state index contributed by atoms with van der Waals surface area (Å²) in [6, 6.07) is 11.7. The van der Waals surface area contributed by atoms with Crippen LogP contribution in [0.4, 0.5) is 4.79 Å². The van der Waals surface area contributed by atoms with Crippen LogP contribution in [0.2, 0.25) is 0 Å². The summed E-state index contributed by atoms with van der Waals surface area (Å²) in [4.78, 5) is 39.8. The normalized spacial score (nSPS) is 19.5. The summed E-state index contributed by atoms with van der Waals surface area (Å²) >= 11 is 0. The van der Waals surface area contributed by atoms with Crippen molar-refractivity contribution in [2.45, 2.75) is 19.0 Å². The van der Waals surface area contributed by atoms with Crippen molar-refractivity contribution < 1.29 is 28.6 Å². The maximum Gasteiger partial charge on any atom is 0.344 e. The number of hydrogen-bond donors (Lipinski definition) is 2. The first-order valence-corrected chi connectivity index (χ1v) is 10.5. The topological polar surface area (TPSA) is 109 Å². The van der Waals surface area contributed by atoms with Gasteiger partial charge in [0.15, 0.2) is 11.5 Å². The van der Waals surface area contributed by atoms with E-state index in [9.17, 15) is 14.4 Å². The highest BCUT2D eigenvalue weighted by atomic mass is 16.6. The number of urea groups is 1. The molecule has 10 nitrogen and oxygen atoms in total. The van der Waals surface area contributed by atoms with Gasteiger partial charge in [-0.25, -0.2) is 4.79 Å². The van der Waals surface area contributed by atoms with Crippen LogP contribution >= 0.6 is 0 Å². The van der Waals surface area contributed by atoms with Crippen LogP contribution in [0, 0.1) is 0 Å². The molecule has 0 bridgehead atoms. The molecule has 2 heterocycles. The number of nitrogens with zero attached hydrogens (tertiary/aromatic N) is 2. The van der Waals surface area contributed by atoms with E-state index in [4.69, 9.17) is 14.2 Å². The monoisotopic (exact) mass is 454 g/mol. The van der Waals surface area contributed by atoms with Crippen LogP contribution in [-0.2, 0) is 21.7 Å². The zero-order chi connectivity index (χ0) is 23.6. The van der Waals surface area contributed by atoms with Crippen molar-refractivity contribution in [3.05, 3.63) is 53.6 Å². The summed E-state index contributed by atoms with van der Waals surface area (Å²) < 4.78 is 16.2. The van der Waals surface area contributed by atoms with Crippen LogP contribution in [0.15, 0.2) is 42.5 Å². The number of likely N-dealkylation sites (N-methyl/N-ethyl adjacent to an activating group) is 1. The quantitative estimate of drug-likeness (QED) is 0.609. The molecule has 4 rings (SSSR count). The van der Waals surface area contributed by atoms with Gasteiger partial charge >= 0.3 is 6.03 Å². The molecule has 33 heavy (non-hydrogen) atoms. The molecule has 0 aliphatic carbocycles. The van der Waals surface area contributed by atoms with Gasteiger partial charge in [-0.15, -0.1) is 0 Å². The Bertz CT molecular complexity index is 1070. The van der Waals surface area contributed by atoms with Gasteiger partial charge in [0.1, 0.15) is 24.5 Å². The predicted octanol–water partition coefficient (Wildman–Crippen LogP) is 1.40. The highest BCUT2D eigenvalue weighted by molar-refractivity contribution is 6.08. The lowest BCUT2D eigenvalue weighted by molar-refractivity contribution is -0.139. The third-order valence-electron chi connectivity index (χ3n) is 5.57. The third-order valence-corrected chi connectivity index (χ3v) is 5.57. The SMILES string of the molecule is COc1ccc(C2(C)NC(=O)N(NC(=O)CN(C)Cc3ccc4c(c3)OCCO4)C2=O)cc1. The average molecular weight is 454 g/mol. The number of methoxy groups -OCH3 is 1. The lowest BCUT2D eigenvalue weighted by Crippen LogP contribution is -2.50. The Morgan fingerprint density at radius 3 is 2.55 bits per heavy atom. The van der Waals surface area contributed by atoms with Crippen LogP contribution in [0.3, 0.4) is 0 Å². The summed E-state index contributed by atoms with van der Waals surface area (Å²) in [5.41, 5.74) is 2.64. The van der Waals surface area contributed by atoms with Crippen molar-refractivity contribution in [2.75, 3.05) is 33.9 Å². The standard InChI is InChI=1S/C23H26N4O6/c1-23(16-5-7-17(31-3)8-6-16)21(29)27(22(30)24-23)25-20(28)14-26(2)13-15-4-9-18-19(12-15)33-11-10-32-18/h4-9,12H,10-11,13-14H2,1-3H3,(H,24,30)(H,25,28). The van der Waals surface area contributed by atoms with E-state index in [0.29, 0.717) is 42.6 Å². The van der Waals surface area contributed by atoms with Gasteiger partial charge in [0, 0.05) is 6.54 Å². The first kappa shape index (κ1) is 22.4. The largest absolute Gasteiger partial charge is 0.497 e. The van der Waals surface area contributed by atoms with Crippen LogP contribution in [0.25, 0.3) is 0 Å². The molecule has 10 heteroatoms. The number of fused-ring (bicyclic) bond motifs is 1. The van der Waals surface area contributed by atoms with Crippen molar-refractivity contribution in [3.63, 3.8) is 0 Å². The number of imide groups is 1. The van der Waals surface area contributed by atoms with E-state index in [0.717, 1.165) is 10.6 Å². The van der Waals surface area contributed by atoms with Gasteiger partial charge in [0.05, 0.1) is 13.7 Å². The fourth-order valence-corrected chi connectivity index (χ4v) is 3.82. The first-order chi connectivity index (χ1) is 15.8. The zero-order valence-corrected chi connectivity index (χ0v) is 18.7. The minimum Gasteiger partial charge on any atom is -0.497 e. The second-order valence-electron chi connectivity index (χ2n) is 8.11. The van der Waals surface area contributed by atoms with Crippen LogP contribution in [-0.4, -0.2) is 61.7 Å². The lowest BCUT2D eigenvalue weighted by Gasteiger charge is -2.23. The third kappa shape index (κ3) is 4.56. The van der Waals surface area contributed by atoms with Crippen LogP contribution in [0.1, 0.15) is 18.1 Å². The van der Waals surface area contributed by atoms with E-state index in [1.165, 1.54) is 0 Å². The first-order valence-electron chi connectivity index (χ1n) is 10.5. The average Bonchev–Trinajstić information content (AvgIpc) is 3.02. The molecule has 0 saturated carbocycles. The molecule has 2 aromatic carbocycles. The Labute approximate surface area is 191 Å². The Morgan fingerprint density at radius 1 is 1.15 bits per heavy atom. The molecular formula is C23H26N4O6. The predicted molar refractivity (Wildman–Crippen MR) is 118 cm³/mol. The highest BCUT2D eigenvalue weighted by Crippen LogP contribution is 2.31. The molecular weight excluding hydrogens is 428 g/mol. The minimum absolute atomic E-state index is 0.0231. The lowest BCUT2D eigenvalue weighted by atomic mass is 9.92. The van der Waals surface area contributed by atoms with Gasteiger partial charge < -0.3 is 19.5 Å². The van der Waals surface area contributed by atoms with Crippen LogP contribution < -0.4 is 25.0 Å². The molecule has 1 unspecified atom stereocenters.